The fourth-order valence-electron chi connectivity index (χ4n) is 1.34. The number of carbonyl (C=O) groups is 1. The van der Waals surface area contributed by atoms with Gasteiger partial charge in [0.1, 0.15) is 0 Å². The van der Waals surface area contributed by atoms with Gasteiger partial charge < -0.3 is 4.74 Å². The van der Waals surface area contributed by atoms with Crippen molar-refractivity contribution in [1.29, 1.82) is 0 Å². The Morgan fingerprint density at radius 2 is 2.21 bits per heavy atom. The van der Waals surface area contributed by atoms with E-state index in [0.29, 0.717) is 5.75 Å². The second-order valence-electron chi connectivity index (χ2n) is 3.97. The third kappa shape index (κ3) is 4.22. The highest BCUT2D eigenvalue weighted by atomic mass is 32.2. The first-order chi connectivity index (χ1) is 6.63. The van der Waals surface area contributed by atoms with E-state index in [1.54, 1.807) is 6.92 Å². The molecule has 0 aromatic carbocycles. The molecule has 4 heteroatoms. The smallest absolute Gasteiger partial charge is 0.309 e. The van der Waals surface area contributed by atoms with E-state index < -0.39 is 10.8 Å². The van der Waals surface area contributed by atoms with Gasteiger partial charge >= 0.3 is 5.97 Å². The normalized spacial score (nSPS) is 20.1. The van der Waals surface area contributed by atoms with Crippen molar-refractivity contribution in [2.24, 2.45) is 11.8 Å². The predicted molar refractivity (Wildman–Crippen MR) is 56.4 cm³/mol. The maximum atomic E-state index is 11.5. The standard InChI is InChI=1S/C10H18O3S/c1-8(10(11)13-2)7-14(12)6-5-9-3-4-9/h8-9H,3-7H2,1-2H3. The van der Waals surface area contributed by atoms with Crippen LogP contribution in [-0.2, 0) is 20.3 Å². The van der Waals surface area contributed by atoms with Crippen LogP contribution in [0.5, 0.6) is 0 Å². The van der Waals surface area contributed by atoms with Crippen LogP contribution in [0.15, 0.2) is 0 Å². The lowest BCUT2D eigenvalue weighted by molar-refractivity contribution is -0.144. The highest BCUT2D eigenvalue weighted by molar-refractivity contribution is 7.85. The van der Waals surface area contributed by atoms with Gasteiger partial charge in [0.2, 0.25) is 0 Å². The molecule has 0 bridgehead atoms. The van der Waals surface area contributed by atoms with Crippen LogP contribution in [0.2, 0.25) is 0 Å². The number of ether oxygens (including phenoxy) is 1. The van der Waals surface area contributed by atoms with E-state index in [1.807, 2.05) is 0 Å². The van der Waals surface area contributed by atoms with Gasteiger partial charge in [-0.05, 0) is 12.3 Å². The monoisotopic (exact) mass is 218 g/mol. The molecule has 2 atom stereocenters. The molecule has 0 N–H and O–H groups in total. The zero-order valence-electron chi connectivity index (χ0n) is 8.82. The van der Waals surface area contributed by atoms with Crippen LogP contribution in [0.4, 0.5) is 0 Å². The van der Waals surface area contributed by atoms with Gasteiger partial charge in [0.15, 0.2) is 0 Å². The van der Waals surface area contributed by atoms with Crippen molar-refractivity contribution in [1.82, 2.24) is 0 Å². The van der Waals surface area contributed by atoms with E-state index >= 15 is 0 Å². The molecule has 3 nitrogen and oxygen atoms in total. The van der Waals surface area contributed by atoms with Gasteiger partial charge in [0, 0.05) is 22.3 Å². The second kappa shape index (κ2) is 5.49. The molecule has 0 saturated heterocycles. The molecular formula is C10H18O3S. The number of esters is 1. The van der Waals surface area contributed by atoms with E-state index in [1.165, 1.54) is 20.0 Å². The molecule has 14 heavy (non-hydrogen) atoms. The van der Waals surface area contributed by atoms with Crippen molar-refractivity contribution in [3.05, 3.63) is 0 Å². The molecule has 0 aromatic rings. The highest BCUT2D eigenvalue weighted by Crippen LogP contribution is 2.32. The molecule has 1 rings (SSSR count). The highest BCUT2D eigenvalue weighted by Gasteiger charge is 2.23. The Kier molecular flexibility index (Phi) is 4.58. The average Bonchev–Trinajstić information content (AvgIpc) is 2.96. The van der Waals surface area contributed by atoms with E-state index in [4.69, 9.17) is 0 Å². The Bertz CT molecular complexity index is 223. The first kappa shape index (κ1) is 11.7. The van der Waals surface area contributed by atoms with Crippen LogP contribution in [0.3, 0.4) is 0 Å². The van der Waals surface area contributed by atoms with Crippen LogP contribution >= 0.6 is 0 Å². The van der Waals surface area contributed by atoms with Gasteiger partial charge in [-0.2, -0.15) is 0 Å². The van der Waals surface area contributed by atoms with E-state index in [9.17, 15) is 9.00 Å². The number of rotatable bonds is 6. The third-order valence-corrected chi connectivity index (χ3v) is 4.05. The largest absolute Gasteiger partial charge is 0.469 e. The van der Waals surface area contributed by atoms with E-state index in [-0.39, 0.29) is 11.9 Å². The number of methoxy groups -OCH3 is 1. The predicted octanol–water partition coefficient (Wildman–Crippen LogP) is 1.34. The van der Waals surface area contributed by atoms with Gasteiger partial charge in [-0.3, -0.25) is 9.00 Å². The third-order valence-electron chi connectivity index (χ3n) is 2.49. The lowest BCUT2D eigenvalue weighted by Gasteiger charge is -2.08. The summed E-state index contributed by atoms with van der Waals surface area (Å²) in [7, 11) is 0.513. The SMILES string of the molecule is COC(=O)C(C)CS(=O)CCC1CC1. The van der Waals surface area contributed by atoms with Crippen LogP contribution in [-0.4, -0.2) is 28.8 Å². The van der Waals surface area contributed by atoms with Gasteiger partial charge in [0.05, 0.1) is 13.0 Å². The van der Waals surface area contributed by atoms with Crippen molar-refractivity contribution >= 4 is 16.8 Å². The van der Waals surface area contributed by atoms with Gasteiger partial charge in [-0.1, -0.05) is 19.8 Å². The maximum absolute atomic E-state index is 11.5. The van der Waals surface area contributed by atoms with Crippen molar-refractivity contribution in [3.8, 4) is 0 Å². The molecule has 2 unspecified atom stereocenters. The number of carbonyl (C=O) groups excluding carboxylic acids is 1. The molecule has 0 aliphatic heterocycles. The summed E-state index contributed by atoms with van der Waals surface area (Å²) in [5.41, 5.74) is 0. The topological polar surface area (TPSA) is 43.4 Å². The van der Waals surface area contributed by atoms with E-state index in [2.05, 4.69) is 4.74 Å². The fraction of sp³-hybridized carbons (Fsp3) is 0.900. The maximum Gasteiger partial charge on any atom is 0.309 e. The summed E-state index contributed by atoms with van der Waals surface area (Å²) in [6.07, 6.45) is 3.65. The summed E-state index contributed by atoms with van der Waals surface area (Å²) < 4.78 is 16.1. The Morgan fingerprint density at radius 3 is 2.71 bits per heavy atom. The van der Waals surface area contributed by atoms with Crippen LogP contribution < -0.4 is 0 Å². The molecule has 82 valence electrons. The van der Waals surface area contributed by atoms with Crippen molar-refractivity contribution in [2.45, 2.75) is 26.2 Å². The van der Waals surface area contributed by atoms with Crippen LogP contribution in [0.25, 0.3) is 0 Å². The molecule has 0 spiro atoms. The minimum atomic E-state index is -0.854. The van der Waals surface area contributed by atoms with Crippen LogP contribution in [0.1, 0.15) is 26.2 Å². The molecular weight excluding hydrogens is 200 g/mol. The fourth-order valence-corrected chi connectivity index (χ4v) is 2.79. The minimum absolute atomic E-state index is 0.236. The van der Waals surface area contributed by atoms with Crippen LogP contribution in [0, 0.1) is 11.8 Å². The minimum Gasteiger partial charge on any atom is -0.469 e. The molecule has 0 heterocycles. The van der Waals surface area contributed by atoms with E-state index in [0.717, 1.165) is 18.1 Å². The lowest BCUT2D eigenvalue weighted by atomic mass is 10.2. The lowest BCUT2D eigenvalue weighted by Crippen LogP contribution is -2.20. The summed E-state index contributed by atoms with van der Waals surface area (Å²) in [4.78, 5) is 11.0. The van der Waals surface area contributed by atoms with Gasteiger partial charge in [-0.25, -0.2) is 0 Å². The number of hydrogen-bond donors (Lipinski definition) is 0. The Balaban J connectivity index is 2.14. The zero-order valence-corrected chi connectivity index (χ0v) is 9.64. The van der Waals surface area contributed by atoms with Gasteiger partial charge in [0.25, 0.3) is 0 Å². The molecule has 0 aromatic heterocycles. The number of hydrogen-bond acceptors (Lipinski definition) is 3. The molecule has 1 fully saturated rings. The quantitative estimate of drug-likeness (QED) is 0.632. The molecule has 0 amide bonds. The first-order valence-electron chi connectivity index (χ1n) is 5.06. The molecule has 1 aliphatic rings. The summed E-state index contributed by atoms with van der Waals surface area (Å²) >= 11 is 0. The van der Waals surface area contributed by atoms with Crippen molar-refractivity contribution in [3.63, 3.8) is 0 Å². The Morgan fingerprint density at radius 1 is 1.57 bits per heavy atom. The molecule has 0 radical (unpaired) electrons. The molecule has 1 saturated carbocycles. The zero-order chi connectivity index (χ0) is 10.6. The second-order valence-corrected chi connectivity index (χ2v) is 5.59. The Hall–Kier alpha value is -0.380. The summed E-state index contributed by atoms with van der Waals surface area (Å²) in [6, 6.07) is 0. The van der Waals surface area contributed by atoms with Gasteiger partial charge in [-0.15, -0.1) is 0 Å². The Labute approximate surface area is 87.7 Å². The summed E-state index contributed by atoms with van der Waals surface area (Å²) in [6.45, 7) is 1.76. The average molecular weight is 218 g/mol. The summed E-state index contributed by atoms with van der Waals surface area (Å²) in [5.74, 6) is 1.50. The summed E-state index contributed by atoms with van der Waals surface area (Å²) in [5, 5.41) is 0. The van der Waals surface area contributed by atoms with Crippen molar-refractivity contribution in [2.75, 3.05) is 18.6 Å². The first-order valence-corrected chi connectivity index (χ1v) is 6.55. The van der Waals surface area contributed by atoms with Crippen molar-refractivity contribution < 1.29 is 13.7 Å². The molecule has 1 aliphatic carbocycles.